The molecule has 0 radical (unpaired) electrons. The lowest BCUT2D eigenvalue weighted by molar-refractivity contribution is -0.140. The van der Waals surface area contributed by atoms with Gasteiger partial charge in [-0.15, -0.1) is 0 Å². The van der Waals surface area contributed by atoms with Crippen molar-refractivity contribution in [2.45, 2.75) is 57.5 Å². The third kappa shape index (κ3) is 8.79. The number of nitrogens with one attached hydrogen (secondary N) is 1. The second-order valence-electron chi connectivity index (χ2n) is 11.1. The molecule has 4 rings (SSSR count). The largest absolute Gasteiger partial charge is 0.354 e. The molecule has 0 heterocycles. The standard InChI is InChI=1S/C36H40FN3O4S/c1-4-5-22-38-36(42)34(24-29-12-8-6-9-13-29)39(25-30-18-20-31(37)21-19-30)35(41)26-40(33-23-27(2)16-17-28(33)3)45(43,44)32-14-10-7-11-15-32/h6-21,23,34H,4-5,22,24-26H2,1-3H3,(H,38,42)/t34-/m0/s1. The van der Waals surface area contributed by atoms with Crippen LogP contribution in [0.25, 0.3) is 0 Å². The molecule has 0 saturated carbocycles. The molecule has 7 nitrogen and oxygen atoms in total. The fourth-order valence-electron chi connectivity index (χ4n) is 5.07. The molecule has 0 bridgehead atoms. The van der Waals surface area contributed by atoms with Gasteiger partial charge in [0.1, 0.15) is 18.4 Å². The first-order valence-electron chi connectivity index (χ1n) is 15.1. The molecule has 0 spiro atoms. The SMILES string of the molecule is CCCCNC(=O)[C@H](Cc1ccccc1)N(Cc1ccc(F)cc1)C(=O)CN(c1cc(C)ccc1C)S(=O)(=O)c1ccccc1. The van der Waals surface area contributed by atoms with Crippen molar-refractivity contribution in [2.75, 3.05) is 17.4 Å². The van der Waals surface area contributed by atoms with Crippen molar-refractivity contribution in [1.29, 1.82) is 0 Å². The van der Waals surface area contributed by atoms with E-state index in [0.29, 0.717) is 23.4 Å². The molecule has 2 amide bonds. The Balaban J connectivity index is 1.81. The predicted octanol–water partition coefficient (Wildman–Crippen LogP) is 6.19. The summed E-state index contributed by atoms with van der Waals surface area (Å²) in [6.45, 7) is 5.54. The molecule has 0 aromatic heterocycles. The highest BCUT2D eigenvalue weighted by atomic mass is 32.2. The van der Waals surface area contributed by atoms with Gasteiger partial charge in [0.15, 0.2) is 0 Å². The lowest BCUT2D eigenvalue weighted by atomic mass is 10.0. The van der Waals surface area contributed by atoms with Crippen LogP contribution >= 0.6 is 0 Å². The van der Waals surface area contributed by atoms with Crippen LogP contribution in [-0.4, -0.2) is 44.3 Å². The Morgan fingerprint density at radius 2 is 1.49 bits per heavy atom. The van der Waals surface area contributed by atoms with Gasteiger partial charge in [0.05, 0.1) is 10.6 Å². The van der Waals surface area contributed by atoms with E-state index in [-0.39, 0.29) is 23.8 Å². The Labute approximate surface area is 265 Å². The summed E-state index contributed by atoms with van der Waals surface area (Å²) in [4.78, 5) is 29.8. The maximum atomic E-state index is 14.5. The number of carbonyl (C=O) groups is 2. The lowest BCUT2D eigenvalue weighted by Gasteiger charge is -2.34. The molecule has 0 aliphatic heterocycles. The molecule has 9 heteroatoms. The zero-order valence-electron chi connectivity index (χ0n) is 25.9. The average molecular weight is 630 g/mol. The van der Waals surface area contributed by atoms with E-state index in [2.05, 4.69) is 5.32 Å². The van der Waals surface area contributed by atoms with Crippen LogP contribution in [0.4, 0.5) is 10.1 Å². The van der Waals surface area contributed by atoms with Crippen molar-refractivity contribution >= 4 is 27.5 Å². The lowest BCUT2D eigenvalue weighted by Crippen LogP contribution is -2.53. The minimum Gasteiger partial charge on any atom is -0.354 e. The van der Waals surface area contributed by atoms with Crippen LogP contribution in [0.2, 0.25) is 0 Å². The summed E-state index contributed by atoms with van der Waals surface area (Å²) >= 11 is 0. The first-order valence-corrected chi connectivity index (χ1v) is 16.5. The van der Waals surface area contributed by atoms with Crippen LogP contribution in [0.15, 0.2) is 108 Å². The number of hydrogen-bond donors (Lipinski definition) is 1. The molecule has 1 atom stereocenters. The highest BCUT2D eigenvalue weighted by molar-refractivity contribution is 7.92. The molecular weight excluding hydrogens is 589 g/mol. The van der Waals surface area contributed by atoms with E-state index in [9.17, 15) is 22.4 Å². The number of rotatable bonds is 14. The number of carbonyl (C=O) groups excluding carboxylic acids is 2. The highest BCUT2D eigenvalue weighted by Crippen LogP contribution is 2.29. The van der Waals surface area contributed by atoms with Gasteiger partial charge in [0.2, 0.25) is 11.8 Å². The number of benzene rings is 4. The first-order chi connectivity index (χ1) is 21.6. The van der Waals surface area contributed by atoms with E-state index >= 15 is 0 Å². The molecule has 0 fully saturated rings. The minimum atomic E-state index is -4.19. The van der Waals surface area contributed by atoms with Crippen molar-refractivity contribution in [2.24, 2.45) is 0 Å². The number of anilines is 1. The van der Waals surface area contributed by atoms with Crippen molar-refractivity contribution < 1.29 is 22.4 Å². The van der Waals surface area contributed by atoms with E-state index < -0.39 is 34.3 Å². The van der Waals surface area contributed by atoms with Crippen LogP contribution in [-0.2, 0) is 32.6 Å². The number of aryl methyl sites for hydroxylation is 2. The molecule has 0 aliphatic rings. The highest BCUT2D eigenvalue weighted by Gasteiger charge is 2.35. The van der Waals surface area contributed by atoms with E-state index in [1.807, 2.05) is 56.3 Å². The Kier molecular flexibility index (Phi) is 11.5. The molecule has 0 saturated heterocycles. The van der Waals surface area contributed by atoms with Crippen LogP contribution in [0.3, 0.4) is 0 Å². The van der Waals surface area contributed by atoms with Gasteiger partial charge in [-0.2, -0.15) is 0 Å². The van der Waals surface area contributed by atoms with Gasteiger partial charge < -0.3 is 10.2 Å². The molecule has 45 heavy (non-hydrogen) atoms. The second kappa shape index (κ2) is 15.5. The number of unbranched alkanes of at least 4 members (excludes halogenated alkanes) is 1. The second-order valence-corrected chi connectivity index (χ2v) is 13.0. The number of halogens is 1. The van der Waals surface area contributed by atoms with Crippen molar-refractivity contribution in [1.82, 2.24) is 10.2 Å². The fraction of sp³-hybridized carbons (Fsp3) is 0.278. The number of sulfonamides is 1. The van der Waals surface area contributed by atoms with Crippen molar-refractivity contribution in [3.8, 4) is 0 Å². The Morgan fingerprint density at radius 1 is 0.844 bits per heavy atom. The molecule has 1 N–H and O–H groups in total. The molecular formula is C36H40FN3O4S. The average Bonchev–Trinajstić information content (AvgIpc) is 3.04. The number of amides is 2. The molecule has 0 unspecified atom stereocenters. The Morgan fingerprint density at radius 3 is 2.13 bits per heavy atom. The summed E-state index contributed by atoms with van der Waals surface area (Å²) in [5.41, 5.74) is 3.33. The smallest absolute Gasteiger partial charge is 0.264 e. The van der Waals surface area contributed by atoms with E-state index in [4.69, 9.17) is 0 Å². The van der Waals surface area contributed by atoms with Gasteiger partial charge in [0, 0.05) is 19.5 Å². The van der Waals surface area contributed by atoms with Crippen LogP contribution < -0.4 is 9.62 Å². The normalized spacial score (nSPS) is 11.9. The molecule has 236 valence electrons. The van der Waals surface area contributed by atoms with Crippen LogP contribution in [0.1, 0.15) is 42.0 Å². The molecule has 4 aromatic carbocycles. The predicted molar refractivity (Wildman–Crippen MR) is 176 cm³/mol. The third-order valence-corrected chi connectivity index (χ3v) is 9.38. The summed E-state index contributed by atoms with van der Waals surface area (Å²) < 4.78 is 43.3. The monoisotopic (exact) mass is 629 g/mol. The maximum Gasteiger partial charge on any atom is 0.264 e. The number of hydrogen-bond acceptors (Lipinski definition) is 4. The topological polar surface area (TPSA) is 86.8 Å². The van der Waals surface area contributed by atoms with Gasteiger partial charge in [-0.05, 0) is 72.9 Å². The van der Waals surface area contributed by atoms with E-state index in [1.54, 1.807) is 43.3 Å². The van der Waals surface area contributed by atoms with Gasteiger partial charge in [-0.1, -0.05) is 86.1 Å². The maximum absolute atomic E-state index is 14.5. The zero-order chi connectivity index (χ0) is 32.4. The third-order valence-electron chi connectivity index (χ3n) is 7.61. The first kappa shape index (κ1) is 33.4. The quantitative estimate of drug-likeness (QED) is 0.169. The Hall–Kier alpha value is -4.50. The molecule has 4 aromatic rings. The summed E-state index contributed by atoms with van der Waals surface area (Å²) in [6.07, 6.45) is 1.86. The summed E-state index contributed by atoms with van der Waals surface area (Å²) in [7, 11) is -4.19. The Bertz CT molecular complexity index is 1680. The number of nitrogens with zero attached hydrogens (tertiary/aromatic N) is 2. The van der Waals surface area contributed by atoms with E-state index in [0.717, 1.165) is 28.3 Å². The van der Waals surface area contributed by atoms with Crippen molar-refractivity contribution in [3.63, 3.8) is 0 Å². The van der Waals surface area contributed by atoms with Gasteiger partial charge in [0.25, 0.3) is 10.0 Å². The minimum absolute atomic E-state index is 0.0240. The van der Waals surface area contributed by atoms with Gasteiger partial charge >= 0.3 is 0 Å². The van der Waals surface area contributed by atoms with E-state index in [1.165, 1.54) is 29.2 Å². The summed E-state index contributed by atoms with van der Waals surface area (Å²) in [5.74, 6) is -1.33. The van der Waals surface area contributed by atoms with Gasteiger partial charge in [-0.25, -0.2) is 12.8 Å². The van der Waals surface area contributed by atoms with Gasteiger partial charge in [-0.3, -0.25) is 13.9 Å². The summed E-state index contributed by atoms with van der Waals surface area (Å²) in [6, 6.07) is 27.6. The van der Waals surface area contributed by atoms with Crippen LogP contribution in [0.5, 0.6) is 0 Å². The molecule has 0 aliphatic carbocycles. The van der Waals surface area contributed by atoms with Crippen LogP contribution in [0, 0.1) is 19.7 Å². The summed E-state index contributed by atoms with van der Waals surface area (Å²) in [5, 5.41) is 2.97. The van der Waals surface area contributed by atoms with Crippen molar-refractivity contribution in [3.05, 3.63) is 131 Å². The zero-order valence-corrected chi connectivity index (χ0v) is 26.8. The fourth-order valence-corrected chi connectivity index (χ4v) is 6.56.